The van der Waals surface area contributed by atoms with Crippen LogP contribution < -0.4 is 0 Å². The number of unbranched alkanes of at least 4 members (excludes halogenated alkanes) is 9. The van der Waals surface area contributed by atoms with Crippen LogP contribution in [0.25, 0.3) is 0 Å². The first-order chi connectivity index (χ1) is 11.2. The van der Waals surface area contributed by atoms with Crippen molar-refractivity contribution in [2.75, 3.05) is 0 Å². The molecule has 0 aliphatic carbocycles. The third-order valence-electron chi connectivity index (χ3n) is 5.03. The van der Waals surface area contributed by atoms with Crippen LogP contribution in [-0.4, -0.2) is 23.3 Å². The molecule has 1 N–H and O–H groups in total. The van der Waals surface area contributed by atoms with Gasteiger partial charge in [0.05, 0.1) is 12.0 Å². The molecular weight excluding hydrogens is 288 g/mol. The van der Waals surface area contributed by atoms with Gasteiger partial charge >= 0.3 is 5.97 Å². The third-order valence-corrected chi connectivity index (χ3v) is 5.03. The summed E-state index contributed by atoms with van der Waals surface area (Å²) in [6, 6.07) is 0. The maximum Gasteiger partial charge on any atom is 0.313 e. The molecule has 0 amide bonds. The Kier molecular flexibility index (Phi) is 11.4. The number of carbonyl (C=O) groups excluding carboxylic acids is 1. The van der Waals surface area contributed by atoms with E-state index in [9.17, 15) is 9.90 Å². The minimum absolute atomic E-state index is 0.0254. The molecular formula is C20H38O3. The van der Waals surface area contributed by atoms with Crippen molar-refractivity contribution < 1.29 is 14.6 Å². The van der Waals surface area contributed by atoms with Crippen LogP contribution in [0.2, 0.25) is 0 Å². The number of ether oxygens (including phenoxy) is 1. The van der Waals surface area contributed by atoms with Crippen molar-refractivity contribution in [1.29, 1.82) is 0 Å². The number of carbonyl (C=O) groups is 1. The number of rotatable bonds is 15. The lowest BCUT2D eigenvalue weighted by Crippen LogP contribution is -2.46. The Balaban J connectivity index is 1.96. The highest BCUT2D eigenvalue weighted by Crippen LogP contribution is 2.31. The van der Waals surface area contributed by atoms with Gasteiger partial charge in [0, 0.05) is 6.42 Å². The van der Waals surface area contributed by atoms with E-state index >= 15 is 0 Å². The zero-order valence-corrected chi connectivity index (χ0v) is 15.4. The van der Waals surface area contributed by atoms with E-state index in [1.165, 1.54) is 51.4 Å². The fraction of sp³-hybridized carbons (Fsp3) is 0.950. The highest BCUT2D eigenvalue weighted by Gasteiger charge is 2.42. The van der Waals surface area contributed by atoms with E-state index in [0.717, 1.165) is 32.1 Å². The maximum atomic E-state index is 11.5. The first-order valence-electron chi connectivity index (χ1n) is 10.1. The summed E-state index contributed by atoms with van der Waals surface area (Å²) >= 11 is 0. The molecule has 0 saturated carbocycles. The maximum absolute atomic E-state index is 11.5. The van der Waals surface area contributed by atoms with E-state index < -0.39 is 0 Å². The van der Waals surface area contributed by atoms with Crippen LogP contribution in [-0.2, 0) is 9.53 Å². The van der Waals surface area contributed by atoms with Gasteiger partial charge in [0.1, 0.15) is 6.10 Å². The SMILES string of the molecule is CCCCCCCCCCC[C@@H](O)C[C@@H]1OC(=O)[C@H]1CCCC. The fourth-order valence-corrected chi connectivity index (χ4v) is 3.41. The Morgan fingerprint density at radius 2 is 1.48 bits per heavy atom. The monoisotopic (exact) mass is 326 g/mol. The largest absolute Gasteiger partial charge is 0.461 e. The quantitative estimate of drug-likeness (QED) is 0.324. The normalized spacial score (nSPS) is 21.8. The average molecular weight is 327 g/mol. The molecule has 1 heterocycles. The highest BCUT2D eigenvalue weighted by atomic mass is 16.6. The molecule has 3 atom stereocenters. The van der Waals surface area contributed by atoms with E-state index in [1.807, 2.05) is 0 Å². The Bertz CT molecular complexity index is 303. The molecule has 0 aromatic carbocycles. The van der Waals surface area contributed by atoms with Crippen LogP contribution >= 0.6 is 0 Å². The molecule has 0 unspecified atom stereocenters. The molecule has 136 valence electrons. The highest BCUT2D eigenvalue weighted by molar-refractivity contribution is 5.78. The van der Waals surface area contributed by atoms with Gasteiger partial charge in [-0.05, 0) is 12.8 Å². The van der Waals surface area contributed by atoms with Crippen molar-refractivity contribution >= 4 is 5.97 Å². The number of aliphatic hydroxyl groups is 1. The topological polar surface area (TPSA) is 46.5 Å². The van der Waals surface area contributed by atoms with E-state index in [0.29, 0.717) is 6.42 Å². The summed E-state index contributed by atoms with van der Waals surface area (Å²) in [7, 11) is 0. The van der Waals surface area contributed by atoms with Crippen LogP contribution in [0.5, 0.6) is 0 Å². The second-order valence-electron chi connectivity index (χ2n) is 7.23. The lowest BCUT2D eigenvalue weighted by molar-refractivity contribution is -0.188. The molecule has 3 heteroatoms. The van der Waals surface area contributed by atoms with E-state index in [1.54, 1.807) is 0 Å². The zero-order chi connectivity index (χ0) is 16.9. The summed E-state index contributed by atoms with van der Waals surface area (Å²) in [5.74, 6) is -0.00792. The molecule has 0 aromatic heterocycles. The van der Waals surface area contributed by atoms with Crippen molar-refractivity contribution in [1.82, 2.24) is 0 Å². The first kappa shape index (κ1) is 20.5. The van der Waals surface area contributed by atoms with Crippen LogP contribution in [0.4, 0.5) is 0 Å². The summed E-state index contributed by atoms with van der Waals surface area (Å²) in [6.07, 6.45) is 16.0. The van der Waals surface area contributed by atoms with Gasteiger partial charge in [-0.2, -0.15) is 0 Å². The second kappa shape index (κ2) is 12.8. The second-order valence-corrected chi connectivity index (χ2v) is 7.23. The van der Waals surface area contributed by atoms with Gasteiger partial charge in [-0.15, -0.1) is 0 Å². The lowest BCUT2D eigenvalue weighted by atomic mass is 9.87. The standard InChI is InChI=1S/C20H38O3/c1-3-5-7-8-9-10-11-12-13-14-17(21)16-19-18(15-6-4-2)20(22)23-19/h17-19,21H,3-16H2,1-2H3/t17-,18+,19+/m1/s1. The summed E-state index contributed by atoms with van der Waals surface area (Å²) in [5, 5.41) is 10.1. The number of hydrogen-bond donors (Lipinski definition) is 1. The van der Waals surface area contributed by atoms with Gasteiger partial charge in [-0.3, -0.25) is 4.79 Å². The van der Waals surface area contributed by atoms with Crippen molar-refractivity contribution in [3.8, 4) is 0 Å². The third kappa shape index (κ3) is 8.74. The Hall–Kier alpha value is -0.570. The number of aliphatic hydroxyl groups excluding tert-OH is 1. The summed E-state index contributed by atoms with van der Waals surface area (Å²) in [4.78, 5) is 11.5. The fourth-order valence-electron chi connectivity index (χ4n) is 3.41. The van der Waals surface area contributed by atoms with Crippen LogP contribution in [0.3, 0.4) is 0 Å². The minimum atomic E-state index is -0.304. The van der Waals surface area contributed by atoms with Crippen LogP contribution in [0, 0.1) is 5.92 Å². The summed E-state index contributed by atoms with van der Waals surface area (Å²) < 4.78 is 5.21. The molecule has 1 aliphatic rings. The molecule has 0 aromatic rings. The average Bonchev–Trinajstić information content (AvgIpc) is 2.53. The summed E-state index contributed by atoms with van der Waals surface area (Å²) in [6.45, 7) is 4.39. The Morgan fingerprint density at radius 1 is 0.913 bits per heavy atom. The van der Waals surface area contributed by atoms with Gasteiger partial charge in [-0.1, -0.05) is 84.5 Å². The zero-order valence-electron chi connectivity index (χ0n) is 15.4. The molecule has 0 bridgehead atoms. The number of cyclic esters (lactones) is 1. The van der Waals surface area contributed by atoms with Gasteiger partial charge < -0.3 is 9.84 Å². The van der Waals surface area contributed by atoms with Gasteiger partial charge in [-0.25, -0.2) is 0 Å². The molecule has 0 radical (unpaired) electrons. The number of hydrogen-bond acceptors (Lipinski definition) is 3. The molecule has 1 rings (SSSR count). The molecule has 23 heavy (non-hydrogen) atoms. The van der Waals surface area contributed by atoms with Crippen LogP contribution in [0.15, 0.2) is 0 Å². The predicted molar refractivity (Wildman–Crippen MR) is 95.4 cm³/mol. The van der Waals surface area contributed by atoms with E-state index in [4.69, 9.17) is 4.74 Å². The Labute approximate surface area is 143 Å². The smallest absolute Gasteiger partial charge is 0.313 e. The minimum Gasteiger partial charge on any atom is -0.461 e. The number of esters is 1. The summed E-state index contributed by atoms with van der Waals surface area (Å²) in [5.41, 5.74) is 0. The molecule has 1 saturated heterocycles. The molecule has 0 spiro atoms. The molecule has 1 aliphatic heterocycles. The van der Waals surface area contributed by atoms with Crippen molar-refractivity contribution in [2.45, 2.75) is 116 Å². The van der Waals surface area contributed by atoms with E-state index in [-0.39, 0.29) is 24.1 Å². The Morgan fingerprint density at radius 3 is 2.04 bits per heavy atom. The molecule has 3 nitrogen and oxygen atoms in total. The van der Waals surface area contributed by atoms with Crippen molar-refractivity contribution in [2.24, 2.45) is 5.92 Å². The predicted octanol–water partition coefficient (Wildman–Crippen LogP) is 5.39. The lowest BCUT2D eigenvalue weighted by Gasteiger charge is -2.36. The molecule has 1 fully saturated rings. The van der Waals surface area contributed by atoms with Crippen LogP contribution in [0.1, 0.15) is 104 Å². The van der Waals surface area contributed by atoms with Gasteiger partial charge in [0.2, 0.25) is 0 Å². The first-order valence-corrected chi connectivity index (χ1v) is 10.1. The van der Waals surface area contributed by atoms with Gasteiger partial charge in [0.25, 0.3) is 0 Å². The van der Waals surface area contributed by atoms with Crippen molar-refractivity contribution in [3.63, 3.8) is 0 Å². The van der Waals surface area contributed by atoms with E-state index in [2.05, 4.69) is 13.8 Å². The van der Waals surface area contributed by atoms with Gasteiger partial charge in [0.15, 0.2) is 0 Å². The van der Waals surface area contributed by atoms with Crippen molar-refractivity contribution in [3.05, 3.63) is 0 Å².